The molecule has 0 amide bonds. The largest absolute Gasteiger partial charge is 0.298 e. The third-order valence-electron chi connectivity index (χ3n) is 2.25. The second-order valence-corrected chi connectivity index (χ2v) is 4.27. The van der Waals surface area contributed by atoms with Crippen LogP contribution in [0.3, 0.4) is 0 Å². The predicted octanol–water partition coefficient (Wildman–Crippen LogP) is 3.03. The molecule has 0 fully saturated rings. The monoisotopic (exact) mass is 276 g/mol. The van der Waals surface area contributed by atoms with Gasteiger partial charge in [0.2, 0.25) is 0 Å². The molecule has 0 unspecified atom stereocenters. The second-order valence-electron chi connectivity index (χ2n) is 3.36. The van der Waals surface area contributed by atoms with E-state index in [4.69, 9.17) is 0 Å². The van der Waals surface area contributed by atoms with Crippen molar-refractivity contribution in [2.24, 2.45) is 0 Å². The summed E-state index contributed by atoms with van der Waals surface area (Å²) < 4.78 is 1.01. The first-order valence-electron chi connectivity index (χ1n) is 4.75. The first-order valence-corrected chi connectivity index (χ1v) is 5.55. The van der Waals surface area contributed by atoms with Crippen LogP contribution < -0.4 is 0 Å². The summed E-state index contributed by atoms with van der Waals surface area (Å²) in [5.41, 5.74) is 2.16. The number of benzene rings is 1. The fraction of sp³-hybridized carbons (Fsp3) is 0.0833. The summed E-state index contributed by atoms with van der Waals surface area (Å²) in [4.78, 5) is 19.1. The number of hydrogen-bond donors (Lipinski definition) is 0. The van der Waals surface area contributed by atoms with Crippen LogP contribution in [0.15, 0.2) is 34.9 Å². The van der Waals surface area contributed by atoms with Gasteiger partial charge in [-0.1, -0.05) is 28.1 Å². The minimum absolute atomic E-state index is 0.529. The molecule has 2 aromatic rings. The lowest BCUT2D eigenvalue weighted by Gasteiger charge is -2.02. The van der Waals surface area contributed by atoms with Crippen LogP contribution in [0.2, 0.25) is 0 Å². The molecule has 0 aliphatic carbocycles. The zero-order valence-corrected chi connectivity index (χ0v) is 10.2. The van der Waals surface area contributed by atoms with E-state index in [0.717, 1.165) is 16.3 Å². The van der Waals surface area contributed by atoms with Crippen LogP contribution in [0, 0.1) is 6.92 Å². The molecule has 1 heterocycles. The maximum absolute atomic E-state index is 10.6. The van der Waals surface area contributed by atoms with Crippen molar-refractivity contribution in [1.82, 2.24) is 9.97 Å². The fourth-order valence-corrected chi connectivity index (χ4v) is 1.59. The molecular formula is C12H9BrN2O. The van der Waals surface area contributed by atoms with Gasteiger partial charge in [-0.05, 0) is 19.1 Å². The average molecular weight is 277 g/mol. The first-order chi connectivity index (χ1) is 7.70. The van der Waals surface area contributed by atoms with Gasteiger partial charge in [-0.25, -0.2) is 9.97 Å². The van der Waals surface area contributed by atoms with Crippen LogP contribution in [0.4, 0.5) is 0 Å². The van der Waals surface area contributed by atoms with Crippen molar-refractivity contribution < 1.29 is 4.79 Å². The first kappa shape index (κ1) is 11.0. The number of carbonyl (C=O) groups excluding carboxylic acids is 1. The summed E-state index contributed by atoms with van der Waals surface area (Å²) >= 11 is 3.37. The van der Waals surface area contributed by atoms with Gasteiger partial charge in [0.05, 0.1) is 11.3 Å². The van der Waals surface area contributed by atoms with Crippen LogP contribution in [0.1, 0.15) is 16.1 Å². The molecule has 16 heavy (non-hydrogen) atoms. The third kappa shape index (κ3) is 2.17. The van der Waals surface area contributed by atoms with Gasteiger partial charge in [0.15, 0.2) is 12.1 Å². The lowest BCUT2D eigenvalue weighted by Crippen LogP contribution is -1.96. The number of carbonyl (C=O) groups is 1. The summed E-state index contributed by atoms with van der Waals surface area (Å²) in [6.07, 6.45) is 2.31. The number of hydrogen-bond acceptors (Lipinski definition) is 3. The molecule has 0 aliphatic rings. The normalized spacial score (nSPS) is 10.1. The Morgan fingerprint density at radius 3 is 2.50 bits per heavy atom. The highest BCUT2D eigenvalue weighted by Crippen LogP contribution is 2.18. The predicted molar refractivity (Wildman–Crippen MR) is 65.3 cm³/mol. The average Bonchev–Trinajstić information content (AvgIpc) is 2.30. The van der Waals surface area contributed by atoms with E-state index in [-0.39, 0.29) is 0 Å². The molecule has 1 aromatic carbocycles. The molecule has 80 valence electrons. The van der Waals surface area contributed by atoms with E-state index in [1.165, 1.54) is 0 Å². The summed E-state index contributed by atoms with van der Waals surface area (Å²) in [7, 11) is 0. The van der Waals surface area contributed by atoms with E-state index in [9.17, 15) is 4.79 Å². The minimum Gasteiger partial charge on any atom is -0.298 e. The van der Waals surface area contributed by atoms with Crippen molar-refractivity contribution in [2.45, 2.75) is 6.92 Å². The Labute approximate surface area is 102 Å². The van der Waals surface area contributed by atoms with Crippen molar-refractivity contribution in [3.63, 3.8) is 0 Å². The van der Waals surface area contributed by atoms with Crippen LogP contribution in [-0.2, 0) is 0 Å². The molecule has 0 N–H and O–H groups in total. The molecule has 0 spiro atoms. The smallest absolute Gasteiger partial charge is 0.159 e. The lowest BCUT2D eigenvalue weighted by molar-refractivity contribution is 0.112. The van der Waals surface area contributed by atoms with Gasteiger partial charge in [0.25, 0.3) is 0 Å². The standard InChI is InChI=1S/C12H9BrN2O/c1-8-10(7-16)6-14-12(15-8)9-2-4-11(13)5-3-9/h2-7H,1H3. The molecule has 2 rings (SSSR count). The van der Waals surface area contributed by atoms with Crippen molar-refractivity contribution in [1.29, 1.82) is 0 Å². The number of aldehydes is 1. The molecule has 0 saturated heterocycles. The topological polar surface area (TPSA) is 42.9 Å². The van der Waals surface area contributed by atoms with Gasteiger partial charge in [-0.2, -0.15) is 0 Å². The third-order valence-corrected chi connectivity index (χ3v) is 2.78. The molecular weight excluding hydrogens is 268 g/mol. The Morgan fingerprint density at radius 2 is 1.94 bits per heavy atom. The maximum Gasteiger partial charge on any atom is 0.159 e. The molecule has 1 aromatic heterocycles. The Balaban J connectivity index is 2.45. The number of aryl methyl sites for hydroxylation is 1. The SMILES string of the molecule is Cc1nc(-c2ccc(Br)cc2)ncc1C=O. The zero-order chi connectivity index (χ0) is 11.5. The molecule has 0 bridgehead atoms. The molecule has 4 heteroatoms. The maximum atomic E-state index is 10.6. The van der Waals surface area contributed by atoms with Crippen molar-refractivity contribution in [3.05, 3.63) is 46.2 Å². The van der Waals surface area contributed by atoms with Crippen molar-refractivity contribution >= 4 is 22.2 Å². The highest BCUT2D eigenvalue weighted by molar-refractivity contribution is 9.10. The van der Waals surface area contributed by atoms with E-state index in [1.807, 2.05) is 24.3 Å². The van der Waals surface area contributed by atoms with Crippen molar-refractivity contribution in [3.8, 4) is 11.4 Å². The highest BCUT2D eigenvalue weighted by Gasteiger charge is 2.04. The molecule has 3 nitrogen and oxygen atoms in total. The molecule has 0 atom stereocenters. The van der Waals surface area contributed by atoms with Crippen LogP contribution in [0.25, 0.3) is 11.4 Å². The Morgan fingerprint density at radius 1 is 1.25 bits per heavy atom. The van der Waals surface area contributed by atoms with Gasteiger partial charge >= 0.3 is 0 Å². The Bertz CT molecular complexity index is 523. The fourth-order valence-electron chi connectivity index (χ4n) is 1.33. The second kappa shape index (κ2) is 4.53. The highest BCUT2D eigenvalue weighted by atomic mass is 79.9. The Hall–Kier alpha value is -1.55. The number of nitrogens with zero attached hydrogens (tertiary/aromatic N) is 2. The number of aromatic nitrogens is 2. The van der Waals surface area contributed by atoms with Crippen molar-refractivity contribution in [2.75, 3.05) is 0 Å². The summed E-state index contributed by atoms with van der Waals surface area (Å²) in [6.45, 7) is 1.80. The number of halogens is 1. The summed E-state index contributed by atoms with van der Waals surface area (Å²) in [6, 6.07) is 7.72. The quantitative estimate of drug-likeness (QED) is 0.792. The van der Waals surface area contributed by atoms with E-state index in [2.05, 4.69) is 25.9 Å². The zero-order valence-electron chi connectivity index (χ0n) is 8.64. The van der Waals surface area contributed by atoms with E-state index < -0.39 is 0 Å². The van der Waals surface area contributed by atoms with Gasteiger partial charge in [-0.3, -0.25) is 4.79 Å². The molecule has 0 saturated carbocycles. The summed E-state index contributed by atoms with van der Waals surface area (Å²) in [5.74, 6) is 0.635. The minimum atomic E-state index is 0.529. The molecule has 0 aliphatic heterocycles. The van der Waals surface area contributed by atoms with Gasteiger partial charge in [-0.15, -0.1) is 0 Å². The van der Waals surface area contributed by atoms with Gasteiger partial charge < -0.3 is 0 Å². The van der Waals surface area contributed by atoms with Crippen LogP contribution >= 0.6 is 15.9 Å². The van der Waals surface area contributed by atoms with E-state index >= 15 is 0 Å². The summed E-state index contributed by atoms with van der Waals surface area (Å²) in [5, 5.41) is 0. The van der Waals surface area contributed by atoms with Gasteiger partial charge in [0, 0.05) is 16.2 Å². The van der Waals surface area contributed by atoms with Crippen LogP contribution in [-0.4, -0.2) is 16.3 Å². The molecule has 0 radical (unpaired) electrons. The number of rotatable bonds is 2. The van der Waals surface area contributed by atoms with E-state index in [1.54, 1.807) is 13.1 Å². The van der Waals surface area contributed by atoms with Crippen LogP contribution in [0.5, 0.6) is 0 Å². The van der Waals surface area contributed by atoms with Gasteiger partial charge in [0.1, 0.15) is 0 Å². The van der Waals surface area contributed by atoms with E-state index in [0.29, 0.717) is 17.1 Å². The lowest BCUT2D eigenvalue weighted by atomic mass is 10.2. The Kier molecular flexibility index (Phi) is 3.10.